The molecule has 0 amide bonds. The van der Waals surface area contributed by atoms with E-state index in [-0.39, 0.29) is 0 Å². The molecular formula is C5H8N4. The molecule has 0 bridgehead atoms. The predicted molar refractivity (Wildman–Crippen MR) is 34.6 cm³/mol. The first-order valence-electron chi connectivity index (χ1n) is 2.59. The monoisotopic (exact) mass is 124 g/mol. The third-order valence-corrected chi connectivity index (χ3v) is 1.02. The standard InChI is InChI=1S/C5H8N4/c1-4-5(9-6)8-3-2-7-4/h2-3H,6H2,1H3,(H,8,9). The first-order valence-corrected chi connectivity index (χ1v) is 2.59. The molecule has 3 N–H and O–H groups in total. The van der Waals surface area contributed by atoms with E-state index in [0.29, 0.717) is 5.82 Å². The summed E-state index contributed by atoms with van der Waals surface area (Å²) in [7, 11) is 0. The minimum atomic E-state index is 0.623. The van der Waals surface area contributed by atoms with Crippen molar-refractivity contribution in [3.63, 3.8) is 0 Å². The van der Waals surface area contributed by atoms with Crippen molar-refractivity contribution in [2.75, 3.05) is 5.43 Å². The van der Waals surface area contributed by atoms with E-state index in [1.807, 2.05) is 6.92 Å². The molecule has 0 aliphatic rings. The Labute approximate surface area is 53.1 Å². The van der Waals surface area contributed by atoms with E-state index in [0.717, 1.165) is 5.69 Å². The molecule has 0 aromatic carbocycles. The molecule has 9 heavy (non-hydrogen) atoms. The third-order valence-electron chi connectivity index (χ3n) is 1.02. The number of rotatable bonds is 1. The number of nitrogen functional groups attached to an aromatic ring is 1. The fourth-order valence-corrected chi connectivity index (χ4v) is 0.549. The minimum Gasteiger partial charge on any atom is -0.307 e. The summed E-state index contributed by atoms with van der Waals surface area (Å²) in [6.07, 6.45) is 3.21. The Bertz CT molecular complexity index is 198. The summed E-state index contributed by atoms with van der Waals surface area (Å²) in [6.45, 7) is 1.84. The highest BCUT2D eigenvalue weighted by Gasteiger charge is 1.92. The number of hydrazine groups is 1. The zero-order chi connectivity index (χ0) is 6.69. The summed E-state index contributed by atoms with van der Waals surface area (Å²) in [5.74, 6) is 5.72. The van der Waals surface area contributed by atoms with Crippen molar-refractivity contribution in [2.24, 2.45) is 5.84 Å². The Hall–Kier alpha value is -1.16. The largest absolute Gasteiger partial charge is 0.307 e. The zero-order valence-electron chi connectivity index (χ0n) is 5.13. The highest BCUT2D eigenvalue weighted by atomic mass is 15.3. The van der Waals surface area contributed by atoms with Crippen LogP contribution in [0, 0.1) is 6.92 Å². The van der Waals surface area contributed by atoms with Gasteiger partial charge in [-0.15, -0.1) is 0 Å². The molecule has 0 unspecified atom stereocenters. The second-order valence-corrected chi connectivity index (χ2v) is 1.63. The van der Waals surface area contributed by atoms with Gasteiger partial charge >= 0.3 is 0 Å². The first-order chi connectivity index (χ1) is 4.34. The number of nitrogens with two attached hydrogens (primary N) is 1. The molecular weight excluding hydrogens is 116 g/mol. The maximum Gasteiger partial charge on any atom is 0.161 e. The van der Waals surface area contributed by atoms with Crippen LogP contribution in [0.25, 0.3) is 0 Å². The minimum absolute atomic E-state index is 0.623. The Morgan fingerprint density at radius 3 is 2.56 bits per heavy atom. The number of nitrogens with zero attached hydrogens (tertiary/aromatic N) is 2. The van der Waals surface area contributed by atoms with Crippen LogP contribution in [0.1, 0.15) is 5.69 Å². The number of hydrogen-bond acceptors (Lipinski definition) is 4. The van der Waals surface area contributed by atoms with Gasteiger partial charge in [0, 0.05) is 12.4 Å². The molecule has 4 heteroatoms. The summed E-state index contributed by atoms with van der Waals surface area (Å²) in [6, 6.07) is 0. The van der Waals surface area contributed by atoms with Gasteiger partial charge in [-0.3, -0.25) is 4.98 Å². The smallest absolute Gasteiger partial charge is 0.161 e. The van der Waals surface area contributed by atoms with Crippen molar-refractivity contribution in [1.29, 1.82) is 0 Å². The van der Waals surface area contributed by atoms with Crippen molar-refractivity contribution >= 4 is 5.82 Å². The van der Waals surface area contributed by atoms with Crippen LogP contribution >= 0.6 is 0 Å². The maximum atomic E-state index is 5.10. The van der Waals surface area contributed by atoms with Crippen LogP contribution in [-0.4, -0.2) is 9.97 Å². The average Bonchev–Trinajstić information content (AvgIpc) is 1.89. The Kier molecular flexibility index (Phi) is 1.60. The molecule has 0 atom stereocenters. The molecule has 0 fully saturated rings. The van der Waals surface area contributed by atoms with Gasteiger partial charge in [-0.05, 0) is 6.92 Å². The number of aromatic nitrogens is 2. The molecule has 0 aliphatic heterocycles. The van der Waals surface area contributed by atoms with Gasteiger partial charge in [0.15, 0.2) is 5.82 Å². The van der Waals surface area contributed by atoms with Crippen molar-refractivity contribution in [3.8, 4) is 0 Å². The van der Waals surface area contributed by atoms with Gasteiger partial charge in [0.1, 0.15) is 0 Å². The van der Waals surface area contributed by atoms with E-state index in [4.69, 9.17) is 5.84 Å². The summed E-state index contributed by atoms with van der Waals surface area (Å²) < 4.78 is 0. The lowest BCUT2D eigenvalue weighted by Crippen LogP contribution is -2.10. The van der Waals surface area contributed by atoms with Crippen LogP contribution in [-0.2, 0) is 0 Å². The SMILES string of the molecule is Cc1nccnc1NN. The predicted octanol–water partition coefficient (Wildman–Crippen LogP) is 0.0706. The van der Waals surface area contributed by atoms with Gasteiger partial charge in [-0.1, -0.05) is 0 Å². The van der Waals surface area contributed by atoms with Crippen LogP contribution in [0.3, 0.4) is 0 Å². The van der Waals surface area contributed by atoms with Crippen LogP contribution in [0.15, 0.2) is 12.4 Å². The van der Waals surface area contributed by atoms with E-state index in [1.165, 1.54) is 0 Å². The molecule has 0 aliphatic carbocycles. The first kappa shape index (κ1) is 5.97. The quantitative estimate of drug-likeness (QED) is 0.411. The van der Waals surface area contributed by atoms with E-state index in [1.54, 1.807) is 12.4 Å². The van der Waals surface area contributed by atoms with Crippen molar-refractivity contribution in [3.05, 3.63) is 18.1 Å². The summed E-state index contributed by atoms with van der Waals surface area (Å²) in [5, 5.41) is 0. The summed E-state index contributed by atoms with van der Waals surface area (Å²) in [5.41, 5.74) is 3.23. The number of aryl methyl sites for hydroxylation is 1. The van der Waals surface area contributed by atoms with Crippen molar-refractivity contribution in [2.45, 2.75) is 6.92 Å². The van der Waals surface area contributed by atoms with Gasteiger partial charge in [-0.25, -0.2) is 10.8 Å². The van der Waals surface area contributed by atoms with Gasteiger partial charge in [-0.2, -0.15) is 0 Å². The van der Waals surface area contributed by atoms with Gasteiger partial charge < -0.3 is 5.43 Å². The molecule has 48 valence electrons. The highest BCUT2D eigenvalue weighted by Crippen LogP contribution is 2.01. The molecule has 0 radical (unpaired) electrons. The normalized spacial score (nSPS) is 9.11. The molecule has 0 saturated heterocycles. The second kappa shape index (κ2) is 2.41. The Balaban J connectivity index is 3.01. The van der Waals surface area contributed by atoms with Gasteiger partial charge in [0.05, 0.1) is 5.69 Å². The maximum absolute atomic E-state index is 5.10. The average molecular weight is 124 g/mol. The Morgan fingerprint density at radius 1 is 1.44 bits per heavy atom. The fourth-order valence-electron chi connectivity index (χ4n) is 0.549. The van der Waals surface area contributed by atoms with Gasteiger partial charge in [0.25, 0.3) is 0 Å². The topological polar surface area (TPSA) is 63.8 Å². The zero-order valence-corrected chi connectivity index (χ0v) is 5.13. The van der Waals surface area contributed by atoms with E-state index in [9.17, 15) is 0 Å². The summed E-state index contributed by atoms with van der Waals surface area (Å²) >= 11 is 0. The molecule has 0 spiro atoms. The summed E-state index contributed by atoms with van der Waals surface area (Å²) in [4.78, 5) is 7.84. The molecule has 1 rings (SSSR count). The van der Waals surface area contributed by atoms with Gasteiger partial charge in [0.2, 0.25) is 0 Å². The number of nitrogens with one attached hydrogen (secondary N) is 1. The lowest BCUT2D eigenvalue weighted by molar-refractivity contribution is 1.09. The molecule has 1 aromatic heterocycles. The van der Waals surface area contributed by atoms with Crippen LogP contribution in [0.4, 0.5) is 5.82 Å². The van der Waals surface area contributed by atoms with Crippen LogP contribution in [0.2, 0.25) is 0 Å². The molecule has 1 aromatic rings. The highest BCUT2D eigenvalue weighted by molar-refractivity contribution is 5.36. The van der Waals surface area contributed by atoms with Crippen LogP contribution in [0.5, 0.6) is 0 Å². The third kappa shape index (κ3) is 1.14. The lowest BCUT2D eigenvalue weighted by Gasteiger charge is -1.98. The van der Waals surface area contributed by atoms with Crippen LogP contribution < -0.4 is 11.3 Å². The van der Waals surface area contributed by atoms with Crippen molar-refractivity contribution < 1.29 is 0 Å². The number of anilines is 1. The molecule has 4 nitrogen and oxygen atoms in total. The second-order valence-electron chi connectivity index (χ2n) is 1.63. The lowest BCUT2D eigenvalue weighted by atomic mass is 10.5. The Morgan fingerprint density at radius 2 is 2.11 bits per heavy atom. The molecule has 0 saturated carbocycles. The van der Waals surface area contributed by atoms with E-state index in [2.05, 4.69) is 15.4 Å². The number of hydrogen-bond donors (Lipinski definition) is 2. The molecule has 1 heterocycles. The fraction of sp³-hybridized carbons (Fsp3) is 0.200. The van der Waals surface area contributed by atoms with Crippen molar-refractivity contribution in [1.82, 2.24) is 9.97 Å². The van der Waals surface area contributed by atoms with E-state index >= 15 is 0 Å². The van der Waals surface area contributed by atoms with E-state index < -0.39 is 0 Å².